The zero-order valence-electron chi connectivity index (χ0n) is 23.0. The molecule has 3 heterocycles. The molecule has 4 amide bonds. The number of fused-ring (bicyclic) bond motifs is 3. The van der Waals surface area contributed by atoms with E-state index in [1.807, 2.05) is 0 Å². The van der Waals surface area contributed by atoms with E-state index in [-0.39, 0.29) is 35.5 Å². The second-order valence-electron chi connectivity index (χ2n) is 11.3. The average Bonchev–Trinajstić information content (AvgIpc) is 3.60. The van der Waals surface area contributed by atoms with Crippen molar-refractivity contribution in [1.82, 2.24) is 20.5 Å². The van der Waals surface area contributed by atoms with Gasteiger partial charge < -0.3 is 30.6 Å². The third-order valence-corrected chi connectivity index (χ3v) is 7.27. The van der Waals surface area contributed by atoms with Gasteiger partial charge in [-0.25, -0.2) is 13.6 Å². The average molecular weight is 579 g/mol. The van der Waals surface area contributed by atoms with Crippen LogP contribution in [0.4, 0.5) is 19.3 Å². The largest absolute Gasteiger partial charge is 0.444 e. The van der Waals surface area contributed by atoms with E-state index in [1.165, 1.54) is 11.0 Å². The number of H-pyrrole nitrogens is 1. The molecular formula is C29H28F2N6O5. The predicted octanol–water partition coefficient (Wildman–Crippen LogP) is 3.08. The number of halogens is 2. The highest BCUT2D eigenvalue weighted by molar-refractivity contribution is 6.07. The maximum atomic E-state index is 14.3. The maximum Gasteiger partial charge on any atom is 0.407 e. The van der Waals surface area contributed by atoms with Crippen molar-refractivity contribution in [2.45, 2.75) is 50.3 Å². The fourth-order valence-electron chi connectivity index (χ4n) is 5.40. The van der Waals surface area contributed by atoms with Crippen molar-refractivity contribution < 1.29 is 32.7 Å². The van der Waals surface area contributed by atoms with Crippen LogP contribution in [0.1, 0.15) is 43.2 Å². The zero-order chi connectivity index (χ0) is 30.4. The fourth-order valence-corrected chi connectivity index (χ4v) is 5.40. The third-order valence-electron chi connectivity index (χ3n) is 7.27. The number of rotatable bonds is 5. The summed E-state index contributed by atoms with van der Waals surface area (Å²) in [5, 5.41) is 17.7. The van der Waals surface area contributed by atoms with Gasteiger partial charge in [0.2, 0.25) is 11.8 Å². The summed E-state index contributed by atoms with van der Waals surface area (Å²) < 4.78 is 33.2. The van der Waals surface area contributed by atoms with Crippen molar-refractivity contribution in [1.29, 1.82) is 5.26 Å². The molecular weight excluding hydrogens is 550 g/mol. The van der Waals surface area contributed by atoms with Gasteiger partial charge in [0, 0.05) is 30.1 Å². The molecule has 5 rings (SSSR count). The van der Waals surface area contributed by atoms with Gasteiger partial charge in [0.15, 0.2) is 0 Å². The molecule has 1 aromatic heterocycles. The van der Waals surface area contributed by atoms with Crippen LogP contribution in [0.2, 0.25) is 0 Å². The lowest BCUT2D eigenvalue weighted by Crippen LogP contribution is -2.55. The number of carbonyl (C=O) groups excluding carboxylic acids is 4. The number of aromatic nitrogens is 1. The third kappa shape index (κ3) is 5.23. The molecule has 0 unspecified atom stereocenters. The number of carbonyl (C=O) groups is 4. The van der Waals surface area contributed by atoms with E-state index >= 15 is 0 Å². The Morgan fingerprint density at radius 3 is 2.67 bits per heavy atom. The number of aromatic amines is 1. The molecule has 2 aromatic carbocycles. The Bertz CT molecular complexity index is 1660. The summed E-state index contributed by atoms with van der Waals surface area (Å²) in [7, 11) is 0. The molecule has 3 atom stereocenters. The van der Waals surface area contributed by atoms with Crippen molar-refractivity contribution in [2.75, 3.05) is 18.4 Å². The number of benzene rings is 2. The van der Waals surface area contributed by atoms with Crippen LogP contribution in [0.3, 0.4) is 0 Å². The van der Waals surface area contributed by atoms with Crippen LogP contribution in [0.15, 0.2) is 42.5 Å². The number of hydrogen-bond donors (Lipinski definition) is 4. The van der Waals surface area contributed by atoms with Gasteiger partial charge in [-0.3, -0.25) is 14.4 Å². The molecule has 218 valence electrons. The molecule has 0 saturated carbocycles. The first-order valence-electron chi connectivity index (χ1n) is 13.2. The van der Waals surface area contributed by atoms with E-state index in [2.05, 4.69) is 27.0 Å². The number of nitrogens with zero attached hydrogens (tertiary/aromatic N) is 2. The summed E-state index contributed by atoms with van der Waals surface area (Å²) in [6, 6.07) is 9.54. The number of nitrogens with one attached hydrogen (secondary N) is 4. The Morgan fingerprint density at radius 1 is 1.21 bits per heavy atom. The molecule has 4 N–H and O–H groups in total. The zero-order valence-corrected chi connectivity index (χ0v) is 23.0. The minimum atomic E-state index is -1.41. The van der Waals surface area contributed by atoms with Crippen molar-refractivity contribution in [3.8, 4) is 6.07 Å². The number of likely N-dealkylation sites (tertiary alicyclic amines) is 1. The van der Waals surface area contributed by atoms with E-state index in [9.17, 15) is 33.2 Å². The number of amides is 4. The van der Waals surface area contributed by atoms with E-state index in [4.69, 9.17) is 4.74 Å². The predicted molar refractivity (Wildman–Crippen MR) is 146 cm³/mol. The minimum absolute atomic E-state index is 0.0318. The van der Waals surface area contributed by atoms with Crippen LogP contribution in [0, 0.1) is 23.0 Å². The van der Waals surface area contributed by atoms with E-state index < -0.39 is 59.2 Å². The molecule has 3 aromatic rings. The van der Waals surface area contributed by atoms with Crippen LogP contribution in [-0.4, -0.2) is 64.5 Å². The van der Waals surface area contributed by atoms with Gasteiger partial charge >= 0.3 is 6.09 Å². The van der Waals surface area contributed by atoms with E-state index in [1.54, 1.807) is 45.0 Å². The van der Waals surface area contributed by atoms with Crippen molar-refractivity contribution >= 4 is 40.4 Å². The lowest BCUT2D eigenvalue weighted by Gasteiger charge is -2.28. The monoisotopic (exact) mass is 578 g/mol. The number of anilines is 1. The number of hydrogen-bond acceptors (Lipinski definition) is 6. The van der Waals surface area contributed by atoms with E-state index in [0.29, 0.717) is 17.3 Å². The lowest BCUT2D eigenvalue weighted by molar-refractivity contribution is -0.133. The summed E-state index contributed by atoms with van der Waals surface area (Å²) in [6.07, 6.45) is -0.818. The smallest absolute Gasteiger partial charge is 0.407 e. The summed E-state index contributed by atoms with van der Waals surface area (Å²) in [5.74, 6) is -3.64. The van der Waals surface area contributed by atoms with Crippen molar-refractivity contribution in [2.24, 2.45) is 0 Å². The Balaban J connectivity index is 1.43. The first-order chi connectivity index (χ1) is 19.8. The van der Waals surface area contributed by atoms with Gasteiger partial charge in [-0.1, -0.05) is 18.2 Å². The standard InChI is InChI=1S/C29H28F2N6O5/c1-28(2,3)42-27(41)33-13-23(35-24(38)22-10-17-19(31)8-15(30)9-21(17)34-22)25(39)37-14-29(11-16(37)12-32)18-6-4-5-7-20(18)36-26(29)40/h4-10,16,23,34H,11,13-14H2,1-3H3,(H,33,41)(H,35,38)(H,36,40)/t16-,23-,29-/m0/s1. The van der Waals surface area contributed by atoms with Gasteiger partial charge in [-0.2, -0.15) is 5.26 Å². The van der Waals surface area contributed by atoms with Gasteiger partial charge in [-0.15, -0.1) is 0 Å². The minimum Gasteiger partial charge on any atom is -0.444 e. The molecule has 0 bridgehead atoms. The number of ether oxygens (including phenoxy) is 1. The number of nitriles is 1. The topological polar surface area (TPSA) is 156 Å². The second-order valence-corrected chi connectivity index (χ2v) is 11.3. The van der Waals surface area contributed by atoms with Crippen LogP contribution < -0.4 is 16.0 Å². The molecule has 13 heteroatoms. The quantitative estimate of drug-likeness (QED) is 0.365. The second kappa shape index (κ2) is 10.4. The molecule has 11 nitrogen and oxygen atoms in total. The lowest BCUT2D eigenvalue weighted by atomic mass is 9.80. The summed E-state index contributed by atoms with van der Waals surface area (Å²) in [4.78, 5) is 56.5. The molecule has 2 aliphatic rings. The molecule has 2 aliphatic heterocycles. The molecule has 1 saturated heterocycles. The van der Waals surface area contributed by atoms with Crippen LogP contribution >= 0.6 is 0 Å². The van der Waals surface area contributed by atoms with Gasteiger partial charge in [0.25, 0.3) is 5.91 Å². The van der Waals surface area contributed by atoms with E-state index in [0.717, 1.165) is 6.07 Å². The SMILES string of the molecule is CC(C)(C)OC(=O)NC[C@H](NC(=O)c1cc2c(F)cc(F)cc2[nH]1)C(=O)N1C[C@]2(C[C@H]1C#N)C(=O)Nc1ccccc12. The summed E-state index contributed by atoms with van der Waals surface area (Å²) in [6.45, 7) is 4.40. The van der Waals surface area contributed by atoms with Gasteiger partial charge in [0.05, 0.1) is 23.5 Å². The Hall–Kier alpha value is -4.99. The highest BCUT2D eigenvalue weighted by Gasteiger charge is 2.56. The summed E-state index contributed by atoms with van der Waals surface area (Å²) >= 11 is 0. The molecule has 1 fully saturated rings. The first kappa shape index (κ1) is 28.5. The van der Waals surface area contributed by atoms with Gasteiger partial charge in [-0.05, 0) is 44.5 Å². The fraction of sp³-hybridized carbons (Fsp3) is 0.345. The maximum absolute atomic E-state index is 14.3. The molecule has 1 spiro atoms. The van der Waals surface area contributed by atoms with Crippen LogP contribution in [-0.2, 0) is 19.7 Å². The highest BCUT2D eigenvalue weighted by Crippen LogP contribution is 2.46. The van der Waals surface area contributed by atoms with Crippen molar-refractivity contribution in [3.63, 3.8) is 0 Å². The summed E-state index contributed by atoms with van der Waals surface area (Å²) in [5.41, 5.74) is -0.892. The number of alkyl carbamates (subject to hydrolysis) is 1. The van der Waals surface area contributed by atoms with Crippen LogP contribution in [0.25, 0.3) is 10.9 Å². The molecule has 0 radical (unpaired) electrons. The molecule has 0 aliphatic carbocycles. The Morgan fingerprint density at radius 2 is 1.95 bits per heavy atom. The Kier molecular flexibility index (Phi) is 7.10. The number of para-hydroxylation sites is 1. The van der Waals surface area contributed by atoms with Crippen LogP contribution in [0.5, 0.6) is 0 Å². The molecule has 42 heavy (non-hydrogen) atoms. The van der Waals surface area contributed by atoms with Gasteiger partial charge in [0.1, 0.15) is 35.0 Å². The van der Waals surface area contributed by atoms with Crippen molar-refractivity contribution in [3.05, 3.63) is 65.4 Å². The highest BCUT2D eigenvalue weighted by atomic mass is 19.1. The normalized spacial score (nSPS) is 20.1. The Labute approximate surface area is 239 Å². The first-order valence-corrected chi connectivity index (χ1v) is 13.2.